The Hall–Kier alpha value is -3.99. The average Bonchev–Trinajstić information content (AvgIpc) is 3.21. The van der Waals surface area contributed by atoms with Gasteiger partial charge in [-0.2, -0.15) is 0 Å². The standard InChI is InChI=1S/C22H21N3O5/c1-4-14-10-18-19(30-13-29-18)11-15(14)12-25(3)21(26)17-9-7-6-8-16(17)20(24-23)22(27)28-5-2/h4,6-11H,1,5,12-13H2,2-3H3/p+1. The lowest BCUT2D eigenvalue weighted by molar-refractivity contribution is 0.0784. The van der Waals surface area contributed by atoms with Crippen LogP contribution in [0.15, 0.2) is 48.9 Å². The van der Waals surface area contributed by atoms with Crippen LogP contribution in [0.2, 0.25) is 0 Å². The number of amides is 1. The van der Waals surface area contributed by atoms with Gasteiger partial charge in [0.25, 0.3) is 5.91 Å². The number of diazo groups is 1. The molecule has 3 rings (SSSR count). The van der Waals surface area contributed by atoms with Crippen molar-refractivity contribution in [1.29, 1.82) is 5.39 Å². The van der Waals surface area contributed by atoms with Crippen molar-refractivity contribution in [2.24, 2.45) is 0 Å². The molecule has 0 bridgehead atoms. The molecule has 1 amide bonds. The molecule has 8 heteroatoms. The number of carbonyl (C=O) groups is 1. The summed E-state index contributed by atoms with van der Waals surface area (Å²) in [7, 11) is 1.65. The summed E-state index contributed by atoms with van der Waals surface area (Å²) in [6.45, 7) is 6.11. The van der Waals surface area contributed by atoms with Crippen LogP contribution in [0.4, 0.5) is 0 Å². The first-order valence-electron chi connectivity index (χ1n) is 9.31. The smallest absolute Gasteiger partial charge is 0.471 e. The van der Waals surface area contributed by atoms with E-state index in [2.05, 4.69) is 11.6 Å². The first kappa shape index (κ1) is 20.7. The molecule has 0 atom stereocenters. The number of aliphatic hydroxyl groups is 1. The molecular weight excluding hydrogens is 386 g/mol. The Kier molecular flexibility index (Phi) is 6.23. The van der Waals surface area contributed by atoms with Gasteiger partial charge in [0, 0.05) is 13.6 Å². The highest BCUT2D eigenvalue weighted by molar-refractivity contribution is 5.99. The highest BCUT2D eigenvalue weighted by atomic mass is 16.7. The fraction of sp³-hybridized carbons (Fsp3) is 0.227. The van der Waals surface area contributed by atoms with E-state index in [4.69, 9.17) is 14.2 Å². The summed E-state index contributed by atoms with van der Waals surface area (Å²) in [4.78, 5) is 17.8. The zero-order chi connectivity index (χ0) is 21.7. The number of hydrogen-bond donors (Lipinski definition) is 1. The minimum Gasteiger partial charge on any atom is -0.475 e. The lowest BCUT2D eigenvalue weighted by Gasteiger charge is -2.19. The predicted molar refractivity (Wildman–Crippen MR) is 111 cm³/mol. The van der Waals surface area contributed by atoms with E-state index in [0.29, 0.717) is 11.5 Å². The summed E-state index contributed by atoms with van der Waals surface area (Å²) in [5.41, 5.74) is 1.94. The van der Waals surface area contributed by atoms with Crippen LogP contribution in [0.1, 0.15) is 34.0 Å². The minimum atomic E-state index is -0.562. The van der Waals surface area contributed by atoms with Crippen molar-refractivity contribution in [2.75, 3.05) is 20.4 Å². The minimum absolute atomic E-state index is 0.153. The number of nitrogens with zero attached hydrogens (tertiary/aromatic N) is 3. The maximum Gasteiger partial charge on any atom is 0.471 e. The SMILES string of the molecule is C=Cc1cc2c(cc1CN(C)C(=O)c1ccccc1/C([N+]#N)=C(\O)OCC)OCO2. The zero-order valence-corrected chi connectivity index (χ0v) is 16.8. The summed E-state index contributed by atoms with van der Waals surface area (Å²) in [6, 6.07) is 10.2. The summed E-state index contributed by atoms with van der Waals surface area (Å²) in [5, 5.41) is 19.4. The summed E-state index contributed by atoms with van der Waals surface area (Å²) in [5.74, 6) is 0.359. The summed E-state index contributed by atoms with van der Waals surface area (Å²) < 4.78 is 15.9. The normalized spacial score (nSPS) is 12.6. The Morgan fingerprint density at radius 1 is 1.30 bits per heavy atom. The van der Waals surface area contributed by atoms with Crippen LogP contribution >= 0.6 is 0 Å². The molecule has 1 N–H and O–H groups in total. The van der Waals surface area contributed by atoms with Gasteiger partial charge in [-0.25, -0.2) is 0 Å². The Morgan fingerprint density at radius 3 is 2.60 bits per heavy atom. The van der Waals surface area contributed by atoms with Crippen LogP contribution in [-0.2, 0) is 11.3 Å². The van der Waals surface area contributed by atoms with Crippen molar-refractivity contribution in [3.63, 3.8) is 0 Å². The van der Waals surface area contributed by atoms with Crippen LogP contribution in [0, 0.1) is 5.39 Å². The third kappa shape index (κ3) is 4.05. The molecule has 2 aromatic carbocycles. The maximum absolute atomic E-state index is 13.2. The van der Waals surface area contributed by atoms with E-state index in [1.54, 1.807) is 44.3 Å². The van der Waals surface area contributed by atoms with Crippen LogP contribution < -0.4 is 9.47 Å². The van der Waals surface area contributed by atoms with Crippen molar-refractivity contribution in [2.45, 2.75) is 13.5 Å². The largest absolute Gasteiger partial charge is 0.475 e. The van der Waals surface area contributed by atoms with E-state index in [0.717, 1.165) is 11.1 Å². The van der Waals surface area contributed by atoms with E-state index < -0.39 is 5.95 Å². The van der Waals surface area contributed by atoms with Gasteiger partial charge in [-0.05, 0) is 42.3 Å². The maximum atomic E-state index is 13.2. The lowest BCUT2D eigenvalue weighted by Crippen LogP contribution is -2.27. The second kappa shape index (κ2) is 9.01. The first-order valence-corrected chi connectivity index (χ1v) is 9.31. The molecule has 0 saturated heterocycles. The molecule has 8 nitrogen and oxygen atoms in total. The third-order valence-corrected chi connectivity index (χ3v) is 4.60. The molecule has 0 fully saturated rings. The second-order valence-corrected chi connectivity index (χ2v) is 6.50. The molecule has 2 aromatic rings. The third-order valence-electron chi connectivity index (χ3n) is 4.60. The molecule has 0 aliphatic carbocycles. The fourth-order valence-electron chi connectivity index (χ4n) is 3.15. The van der Waals surface area contributed by atoms with Gasteiger partial charge >= 0.3 is 11.6 Å². The second-order valence-electron chi connectivity index (χ2n) is 6.50. The Labute approximate surface area is 174 Å². The number of rotatable bonds is 7. The van der Waals surface area contributed by atoms with Gasteiger partial charge in [0.15, 0.2) is 16.5 Å². The molecule has 0 unspecified atom stereocenters. The van der Waals surface area contributed by atoms with Gasteiger partial charge in [0.2, 0.25) is 12.2 Å². The average molecular weight is 408 g/mol. The van der Waals surface area contributed by atoms with E-state index in [9.17, 15) is 15.3 Å². The van der Waals surface area contributed by atoms with Gasteiger partial charge in [-0.3, -0.25) is 4.79 Å². The number of benzene rings is 2. The van der Waals surface area contributed by atoms with Crippen LogP contribution in [0.3, 0.4) is 0 Å². The van der Waals surface area contributed by atoms with Crippen molar-refractivity contribution in [1.82, 2.24) is 4.90 Å². The number of carbonyl (C=O) groups excluding carboxylic acids is 1. The molecule has 1 aliphatic rings. The van der Waals surface area contributed by atoms with E-state index in [-0.39, 0.29) is 42.7 Å². The fourth-order valence-corrected chi connectivity index (χ4v) is 3.15. The number of ether oxygens (including phenoxy) is 3. The van der Waals surface area contributed by atoms with Gasteiger partial charge < -0.3 is 24.2 Å². The summed E-state index contributed by atoms with van der Waals surface area (Å²) >= 11 is 0. The molecule has 30 heavy (non-hydrogen) atoms. The van der Waals surface area contributed by atoms with Gasteiger partial charge in [-0.15, -0.1) is 0 Å². The molecule has 0 aromatic heterocycles. The molecular formula is C22H22N3O5+. The predicted octanol–water partition coefficient (Wildman–Crippen LogP) is 4.40. The summed E-state index contributed by atoms with van der Waals surface area (Å²) in [6.07, 6.45) is 1.69. The van der Waals surface area contributed by atoms with E-state index in [1.807, 2.05) is 12.1 Å². The van der Waals surface area contributed by atoms with Crippen molar-refractivity contribution < 1.29 is 24.1 Å². The molecule has 0 spiro atoms. The molecule has 0 radical (unpaired) electrons. The van der Waals surface area contributed by atoms with Gasteiger partial charge in [-0.1, -0.05) is 24.8 Å². The van der Waals surface area contributed by atoms with Crippen molar-refractivity contribution in [3.8, 4) is 11.5 Å². The van der Waals surface area contributed by atoms with Crippen LogP contribution in [0.25, 0.3) is 16.7 Å². The quantitative estimate of drug-likeness (QED) is 0.539. The van der Waals surface area contributed by atoms with Gasteiger partial charge in [0.05, 0.1) is 17.7 Å². The van der Waals surface area contributed by atoms with Crippen LogP contribution in [-0.4, -0.2) is 36.4 Å². The Morgan fingerprint density at radius 2 is 1.97 bits per heavy atom. The topological polar surface area (TPSA) is 96.4 Å². The lowest BCUT2D eigenvalue weighted by atomic mass is 10.0. The van der Waals surface area contributed by atoms with Crippen LogP contribution in [0.5, 0.6) is 11.5 Å². The highest BCUT2D eigenvalue weighted by Gasteiger charge is 2.30. The molecule has 154 valence electrons. The molecule has 1 aliphatic heterocycles. The first-order chi connectivity index (χ1) is 14.5. The van der Waals surface area contributed by atoms with E-state index in [1.165, 1.54) is 4.90 Å². The monoisotopic (exact) mass is 408 g/mol. The number of fused-ring (bicyclic) bond motifs is 1. The Balaban J connectivity index is 1.93. The zero-order valence-electron chi connectivity index (χ0n) is 16.8. The van der Waals surface area contributed by atoms with Crippen molar-refractivity contribution in [3.05, 3.63) is 76.2 Å². The molecule has 1 heterocycles. The number of hydrogen-bond acceptors (Lipinski definition) is 6. The highest BCUT2D eigenvalue weighted by Crippen LogP contribution is 2.36. The number of aliphatic hydroxyl groups excluding tert-OH is 1. The Bertz CT molecular complexity index is 1060. The van der Waals surface area contributed by atoms with Crippen molar-refractivity contribution >= 4 is 17.7 Å². The van der Waals surface area contributed by atoms with Gasteiger partial charge in [0.1, 0.15) is 0 Å². The van der Waals surface area contributed by atoms with E-state index >= 15 is 0 Å². The molecule has 0 saturated carbocycles.